The Kier molecular flexibility index (Phi) is 10.3. The molecule has 0 unspecified atom stereocenters. The van der Waals surface area contributed by atoms with Gasteiger partial charge in [-0.1, -0.05) is 18.2 Å². The highest BCUT2D eigenvalue weighted by Gasteiger charge is 2.32. The van der Waals surface area contributed by atoms with E-state index >= 15 is 0 Å². The van der Waals surface area contributed by atoms with Crippen molar-refractivity contribution in [3.8, 4) is 11.5 Å². The van der Waals surface area contributed by atoms with Gasteiger partial charge in [0.2, 0.25) is 0 Å². The molecule has 2 aromatic carbocycles. The molecule has 3 rings (SSSR count). The van der Waals surface area contributed by atoms with Crippen LogP contribution in [0.15, 0.2) is 58.8 Å². The van der Waals surface area contributed by atoms with E-state index in [1.807, 2.05) is 24.3 Å². The zero-order chi connectivity index (χ0) is 28.4. The molecular weight excluding hydrogens is 502 g/mol. The second-order valence-corrected chi connectivity index (χ2v) is 8.55. The van der Waals surface area contributed by atoms with E-state index in [0.29, 0.717) is 22.8 Å². The van der Waals surface area contributed by atoms with Crippen LogP contribution in [0.1, 0.15) is 44.9 Å². The van der Waals surface area contributed by atoms with Crippen LogP contribution in [0.5, 0.6) is 11.5 Å². The molecule has 0 radical (unpaired) electrons. The highest BCUT2D eigenvalue weighted by atomic mass is 16.5. The Morgan fingerprint density at radius 1 is 1.08 bits per heavy atom. The molecule has 39 heavy (non-hydrogen) atoms. The van der Waals surface area contributed by atoms with Gasteiger partial charge in [-0.25, -0.2) is 15.0 Å². The van der Waals surface area contributed by atoms with Crippen LogP contribution < -0.4 is 30.4 Å². The largest absolute Gasteiger partial charge is 0.493 e. The Labute approximate surface area is 228 Å². The summed E-state index contributed by atoms with van der Waals surface area (Å²) in [6.45, 7) is 9.30. The molecule has 3 N–H and O–H groups in total. The van der Waals surface area contributed by atoms with Crippen molar-refractivity contribution >= 4 is 29.8 Å². The van der Waals surface area contributed by atoms with Gasteiger partial charge in [-0.05, 0) is 63.1 Å². The normalized spacial score (nSPS) is 14.9. The standard InChI is InChI=1S/C28H35N5O6/c1-6-33(7-2)21-12-9-19(10-13-21)16-29-32-24(34)17-39-22-14-11-20(15-23(22)37-5)26-25(27(35)38-8-3)18(4)30-28(36)31-26/h9-16,26H,6-8,17H2,1-5H3,(H,32,34)(H2,30,31,36)/b29-16-/t26-/m1/s1. The van der Waals surface area contributed by atoms with Gasteiger partial charge < -0.3 is 29.7 Å². The Hall–Kier alpha value is -4.54. The number of nitrogens with zero attached hydrogens (tertiary/aromatic N) is 2. The first kappa shape index (κ1) is 29.0. The van der Waals surface area contributed by atoms with E-state index in [-0.39, 0.29) is 18.8 Å². The zero-order valence-corrected chi connectivity index (χ0v) is 22.9. The summed E-state index contributed by atoms with van der Waals surface area (Å²) in [7, 11) is 1.45. The number of allylic oxidation sites excluding steroid dienone is 1. The van der Waals surface area contributed by atoms with Crippen LogP contribution in [-0.2, 0) is 14.3 Å². The summed E-state index contributed by atoms with van der Waals surface area (Å²) in [5.41, 5.74) is 5.68. The molecule has 0 fully saturated rings. The highest BCUT2D eigenvalue weighted by molar-refractivity contribution is 5.95. The highest BCUT2D eigenvalue weighted by Crippen LogP contribution is 2.34. The van der Waals surface area contributed by atoms with Crippen molar-refractivity contribution < 1.29 is 28.6 Å². The fourth-order valence-electron chi connectivity index (χ4n) is 4.12. The van der Waals surface area contributed by atoms with E-state index in [4.69, 9.17) is 14.2 Å². The first-order chi connectivity index (χ1) is 18.8. The quantitative estimate of drug-likeness (QED) is 0.215. The van der Waals surface area contributed by atoms with Crippen molar-refractivity contribution in [2.45, 2.75) is 33.7 Å². The number of hydrogen-bond acceptors (Lipinski definition) is 8. The van der Waals surface area contributed by atoms with E-state index in [1.165, 1.54) is 7.11 Å². The SMILES string of the molecule is CCOC(=O)C1=C(C)NC(=O)N[C@@H]1c1ccc(OCC(=O)N/N=C\c2ccc(N(CC)CC)cc2)c(OC)c1. The lowest BCUT2D eigenvalue weighted by Crippen LogP contribution is -2.45. The monoisotopic (exact) mass is 537 g/mol. The van der Waals surface area contributed by atoms with E-state index in [9.17, 15) is 14.4 Å². The van der Waals surface area contributed by atoms with Gasteiger partial charge in [-0.3, -0.25) is 4.79 Å². The van der Waals surface area contributed by atoms with Crippen molar-refractivity contribution in [1.29, 1.82) is 0 Å². The van der Waals surface area contributed by atoms with Gasteiger partial charge in [0.1, 0.15) is 0 Å². The molecule has 0 bridgehead atoms. The predicted octanol–water partition coefficient (Wildman–Crippen LogP) is 3.26. The average molecular weight is 538 g/mol. The third kappa shape index (κ3) is 7.50. The van der Waals surface area contributed by atoms with Gasteiger partial charge in [-0.2, -0.15) is 5.10 Å². The zero-order valence-electron chi connectivity index (χ0n) is 22.9. The van der Waals surface area contributed by atoms with Crippen molar-refractivity contribution in [1.82, 2.24) is 16.1 Å². The summed E-state index contributed by atoms with van der Waals surface area (Å²) in [6, 6.07) is 11.6. The fraction of sp³-hybridized carbons (Fsp3) is 0.357. The Morgan fingerprint density at radius 2 is 1.79 bits per heavy atom. The maximum atomic E-state index is 12.6. The molecule has 11 nitrogen and oxygen atoms in total. The van der Waals surface area contributed by atoms with Crippen LogP contribution in [0.25, 0.3) is 0 Å². The fourth-order valence-corrected chi connectivity index (χ4v) is 4.12. The lowest BCUT2D eigenvalue weighted by atomic mass is 9.95. The van der Waals surface area contributed by atoms with Crippen LogP contribution in [0.3, 0.4) is 0 Å². The second-order valence-electron chi connectivity index (χ2n) is 8.55. The molecule has 1 aliphatic rings. The number of amides is 3. The molecule has 0 aliphatic carbocycles. The third-order valence-corrected chi connectivity index (χ3v) is 6.07. The number of carbonyl (C=O) groups excluding carboxylic acids is 3. The first-order valence-electron chi connectivity index (χ1n) is 12.7. The van der Waals surface area contributed by atoms with Gasteiger partial charge >= 0.3 is 12.0 Å². The van der Waals surface area contributed by atoms with Gasteiger partial charge in [0.15, 0.2) is 18.1 Å². The van der Waals surface area contributed by atoms with E-state index in [0.717, 1.165) is 24.3 Å². The molecular formula is C28H35N5O6. The summed E-state index contributed by atoms with van der Waals surface area (Å²) < 4.78 is 16.2. The Morgan fingerprint density at radius 3 is 2.44 bits per heavy atom. The third-order valence-electron chi connectivity index (χ3n) is 6.07. The minimum atomic E-state index is -0.750. The van der Waals surface area contributed by atoms with Crippen molar-refractivity contribution in [2.24, 2.45) is 5.10 Å². The molecule has 1 aliphatic heterocycles. The van der Waals surface area contributed by atoms with Crippen molar-refractivity contribution in [3.63, 3.8) is 0 Å². The van der Waals surface area contributed by atoms with Crippen LogP contribution >= 0.6 is 0 Å². The number of methoxy groups -OCH3 is 1. The van der Waals surface area contributed by atoms with Crippen LogP contribution in [-0.4, -0.2) is 57.5 Å². The molecule has 0 saturated carbocycles. The van der Waals surface area contributed by atoms with Gasteiger partial charge in [0, 0.05) is 24.5 Å². The second kappa shape index (κ2) is 13.8. The maximum absolute atomic E-state index is 12.6. The topological polar surface area (TPSA) is 131 Å². The van der Waals surface area contributed by atoms with E-state index < -0.39 is 23.9 Å². The average Bonchev–Trinajstić information content (AvgIpc) is 2.93. The molecule has 208 valence electrons. The molecule has 3 amide bonds. The number of anilines is 1. The van der Waals surface area contributed by atoms with Crippen molar-refractivity contribution in [2.75, 3.05) is 38.3 Å². The number of nitrogens with one attached hydrogen (secondary N) is 3. The summed E-state index contributed by atoms with van der Waals surface area (Å²) >= 11 is 0. The van der Waals surface area contributed by atoms with Gasteiger partial charge in [0.25, 0.3) is 5.91 Å². The number of benzene rings is 2. The molecule has 2 aromatic rings. The Bertz CT molecular complexity index is 1240. The van der Waals surface area contributed by atoms with Crippen LogP contribution in [0, 0.1) is 0 Å². The minimum Gasteiger partial charge on any atom is -0.493 e. The summed E-state index contributed by atoms with van der Waals surface area (Å²) in [5, 5.41) is 9.33. The maximum Gasteiger partial charge on any atom is 0.338 e. The molecule has 1 atom stereocenters. The smallest absolute Gasteiger partial charge is 0.338 e. The van der Waals surface area contributed by atoms with Crippen LogP contribution in [0.4, 0.5) is 10.5 Å². The summed E-state index contributed by atoms with van der Waals surface area (Å²) in [4.78, 5) is 39.2. The minimum absolute atomic E-state index is 0.196. The number of carbonyl (C=O) groups is 3. The van der Waals surface area contributed by atoms with Crippen LogP contribution in [0.2, 0.25) is 0 Å². The molecule has 1 heterocycles. The lowest BCUT2D eigenvalue weighted by molar-refractivity contribution is -0.139. The van der Waals surface area contributed by atoms with Crippen molar-refractivity contribution in [3.05, 3.63) is 64.9 Å². The van der Waals surface area contributed by atoms with E-state index in [1.54, 1.807) is 38.3 Å². The lowest BCUT2D eigenvalue weighted by Gasteiger charge is -2.28. The number of hydrogen-bond donors (Lipinski definition) is 3. The first-order valence-corrected chi connectivity index (χ1v) is 12.7. The van der Waals surface area contributed by atoms with Gasteiger partial charge in [0.05, 0.1) is 31.5 Å². The summed E-state index contributed by atoms with van der Waals surface area (Å²) in [6.07, 6.45) is 1.56. The van der Waals surface area contributed by atoms with Gasteiger partial charge in [-0.15, -0.1) is 0 Å². The molecule has 11 heteroatoms. The predicted molar refractivity (Wildman–Crippen MR) is 148 cm³/mol. The number of esters is 1. The molecule has 0 spiro atoms. The number of rotatable bonds is 12. The summed E-state index contributed by atoms with van der Waals surface area (Å²) in [5.74, 6) is -0.355. The van der Waals surface area contributed by atoms with E-state index in [2.05, 4.69) is 39.9 Å². The Balaban J connectivity index is 1.63. The molecule has 0 aromatic heterocycles. The molecule has 0 saturated heterocycles. The number of urea groups is 1. The number of hydrazone groups is 1. The number of ether oxygens (including phenoxy) is 3.